The number of ketones is 1. The lowest BCUT2D eigenvalue weighted by Gasteiger charge is -2.06. The Hall–Kier alpha value is -1.36. The molecule has 0 aliphatic rings. The fourth-order valence-corrected chi connectivity index (χ4v) is 2.65. The predicted octanol–water partition coefficient (Wildman–Crippen LogP) is 3.94. The smallest absolute Gasteiger partial charge is 0.280 e. The normalized spacial score (nSPS) is 10.7. The first-order valence-electron chi connectivity index (χ1n) is 5.84. The van der Waals surface area contributed by atoms with Gasteiger partial charge in [0.2, 0.25) is 0 Å². The molecule has 0 atom stereocenters. The molecule has 0 aliphatic carbocycles. The van der Waals surface area contributed by atoms with E-state index >= 15 is 0 Å². The van der Waals surface area contributed by atoms with Gasteiger partial charge in [-0.1, -0.05) is 13.8 Å². The molecule has 0 aliphatic heterocycles. The summed E-state index contributed by atoms with van der Waals surface area (Å²) in [5, 5.41) is 10.8. The van der Waals surface area contributed by atoms with Crippen molar-refractivity contribution in [1.29, 1.82) is 0 Å². The summed E-state index contributed by atoms with van der Waals surface area (Å²) >= 11 is 1.63. The molecule has 0 N–H and O–H groups in total. The number of nitro groups is 1. The highest BCUT2D eigenvalue weighted by molar-refractivity contribution is 7.99. The molecule has 1 aromatic rings. The van der Waals surface area contributed by atoms with Gasteiger partial charge in [0.25, 0.3) is 5.69 Å². The minimum atomic E-state index is -0.515. The van der Waals surface area contributed by atoms with Crippen molar-refractivity contribution in [3.63, 3.8) is 0 Å². The molecule has 1 aromatic carbocycles. The Kier molecular flexibility index (Phi) is 5.34. The van der Waals surface area contributed by atoms with Gasteiger partial charge < -0.3 is 0 Å². The monoisotopic (exact) mass is 267 g/mol. The molecule has 1 rings (SSSR count). The van der Waals surface area contributed by atoms with Crippen molar-refractivity contribution in [2.24, 2.45) is 5.92 Å². The van der Waals surface area contributed by atoms with Crippen LogP contribution >= 0.6 is 11.8 Å². The van der Waals surface area contributed by atoms with E-state index in [1.165, 1.54) is 13.0 Å². The van der Waals surface area contributed by atoms with E-state index in [9.17, 15) is 14.9 Å². The maximum absolute atomic E-state index is 11.4. The number of carbonyl (C=O) groups excluding carboxylic acids is 1. The number of hydrogen-bond donors (Lipinski definition) is 0. The second kappa shape index (κ2) is 6.54. The molecule has 0 spiro atoms. The molecule has 0 saturated carbocycles. The van der Waals surface area contributed by atoms with Gasteiger partial charge in [-0.2, -0.15) is 0 Å². The van der Waals surface area contributed by atoms with E-state index in [-0.39, 0.29) is 17.0 Å². The third-order valence-corrected chi connectivity index (χ3v) is 3.54. The molecule has 0 aromatic heterocycles. The first-order valence-corrected chi connectivity index (χ1v) is 6.82. The van der Waals surface area contributed by atoms with E-state index in [0.717, 1.165) is 17.1 Å². The van der Waals surface area contributed by atoms with Crippen molar-refractivity contribution in [3.8, 4) is 0 Å². The van der Waals surface area contributed by atoms with Crippen molar-refractivity contribution in [2.45, 2.75) is 32.1 Å². The van der Waals surface area contributed by atoms with Gasteiger partial charge in [0.05, 0.1) is 10.5 Å². The highest BCUT2D eigenvalue weighted by atomic mass is 32.2. The fraction of sp³-hybridized carbons (Fsp3) is 0.462. The number of carbonyl (C=O) groups is 1. The number of rotatable bonds is 6. The fourth-order valence-electron chi connectivity index (χ4n) is 1.46. The Morgan fingerprint density at radius 3 is 2.61 bits per heavy atom. The quantitative estimate of drug-likeness (QED) is 0.339. The summed E-state index contributed by atoms with van der Waals surface area (Å²) in [7, 11) is 0. The van der Waals surface area contributed by atoms with Gasteiger partial charge in [-0.15, -0.1) is 11.8 Å². The number of Topliss-reactive ketones (excluding diaryl/α,β-unsaturated/α-hetero) is 1. The van der Waals surface area contributed by atoms with Crippen LogP contribution in [0.4, 0.5) is 5.69 Å². The molecule has 0 unspecified atom stereocenters. The van der Waals surface area contributed by atoms with Gasteiger partial charge in [0, 0.05) is 11.0 Å². The maximum Gasteiger partial charge on any atom is 0.280 e. The van der Waals surface area contributed by atoms with E-state index in [1.54, 1.807) is 23.9 Å². The van der Waals surface area contributed by atoms with Gasteiger partial charge >= 0.3 is 0 Å². The van der Waals surface area contributed by atoms with Crippen LogP contribution in [0, 0.1) is 16.0 Å². The molecule has 5 heteroatoms. The molecule has 4 nitrogen and oxygen atoms in total. The van der Waals surface area contributed by atoms with Crippen LogP contribution in [0.15, 0.2) is 23.1 Å². The summed E-state index contributed by atoms with van der Waals surface area (Å²) in [6.45, 7) is 5.65. The predicted molar refractivity (Wildman–Crippen MR) is 73.3 cm³/mol. The maximum atomic E-state index is 11.4. The molecule has 0 amide bonds. The van der Waals surface area contributed by atoms with Crippen LogP contribution in [0.25, 0.3) is 0 Å². The summed E-state index contributed by atoms with van der Waals surface area (Å²) < 4.78 is 0. The molecule has 18 heavy (non-hydrogen) atoms. The number of thioether (sulfide) groups is 1. The topological polar surface area (TPSA) is 60.2 Å². The SMILES string of the molecule is CC(=O)c1cc(SCCC(C)C)ccc1[N+](=O)[O-]. The van der Waals surface area contributed by atoms with Crippen LogP contribution in [0.1, 0.15) is 37.6 Å². The minimum Gasteiger partial charge on any atom is -0.294 e. The van der Waals surface area contributed by atoms with E-state index in [0.29, 0.717) is 5.92 Å². The van der Waals surface area contributed by atoms with E-state index in [1.807, 2.05) is 0 Å². The summed E-state index contributed by atoms with van der Waals surface area (Å²) in [5.41, 5.74) is 0.0743. The van der Waals surface area contributed by atoms with Gasteiger partial charge in [-0.25, -0.2) is 0 Å². The lowest BCUT2D eigenvalue weighted by atomic mass is 10.1. The minimum absolute atomic E-state index is 0.115. The molecule has 0 saturated heterocycles. The van der Waals surface area contributed by atoms with Gasteiger partial charge in [0.15, 0.2) is 5.78 Å². The van der Waals surface area contributed by atoms with Crippen LogP contribution in [0.3, 0.4) is 0 Å². The van der Waals surface area contributed by atoms with E-state index in [2.05, 4.69) is 13.8 Å². The van der Waals surface area contributed by atoms with Crippen molar-refractivity contribution < 1.29 is 9.72 Å². The van der Waals surface area contributed by atoms with Gasteiger partial charge in [-0.05, 0) is 37.1 Å². The molecule has 0 fully saturated rings. The van der Waals surface area contributed by atoms with Crippen molar-refractivity contribution in [2.75, 3.05) is 5.75 Å². The second-order valence-electron chi connectivity index (χ2n) is 4.52. The van der Waals surface area contributed by atoms with Gasteiger partial charge in [-0.3, -0.25) is 14.9 Å². The zero-order valence-electron chi connectivity index (χ0n) is 10.8. The zero-order chi connectivity index (χ0) is 13.7. The lowest BCUT2D eigenvalue weighted by molar-refractivity contribution is -0.385. The van der Waals surface area contributed by atoms with Crippen LogP contribution in [-0.2, 0) is 0 Å². The first kappa shape index (κ1) is 14.7. The molecule has 0 bridgehead atoms. The van der Waals surface area contributed by atoms with Crippen LogP contribution in [0.5, 0.6) is 0 Å². The highest BCUT2D eigenvalue weighted by Crippen LogP contribution is 2.27. The molecule has 0 heterocycles. The van der Waals surface area contributed by atoms with Crippen LogP contribution in [0.2, 0.25) is 0 Å². The standard InChI is InChI=1S/C13H17NO3S/c1-9(2)6-7-18-11-4-5-13(14(16)17)12(8-11)10(3)15/h4-5,8-9H,6-7H2,1-3H3. The summed E-state index contributed by atoms with van der Waals surface area (Å²) in [4.78, 5) is 22.6. The third-order valence-electron chi connectivity index (χ3n) is 2.51. The number of nitrogens with zero attached hydrogens (tertiary/aromatic N) is 1. The Morgan fingerprint density at radius 1 is 1.44 bits per heavy atom. The lowest BCUT2D eigenvalue weighted by Crippen LogP contribution is -2.00. The summed E-state index contributed by atoms with van der Waals surface area (Å²) in [5.74, 6) is 1.31. The molecular weight excluding hydrogens is 250 g/mol. The molecule has 0 radical (unpaired) electrons. The second-order valence-corrected chi connectivity index (χ2v) is 5.69. The summed E-state index contributed by atoms with van der Waals surface area (Å²) in [6.07, 6.45) is 1.08. The Labute approximate surface area is 111 Å². The van der Waals surface area contributed by atoms with Crippen LogP contribution < -0.4 is 0 Å². The molecule has 98 valence electrons. The Balaban J connectivity index is 2.87. The molecular formula is C13H17NO3S. The van der Waals surface area contributed by atoms with E-state index in [4.69, 9.17) is 0 Å². The average molecular weight is 267 g/mol. The summed E-state index contributed by atoms with van der Waals surface area (Å²) in [6, 6.07) is 4.73. The Bertz CT molecular complexity index is 458. The van der Waals surface area contributed by atoms with Crippen LogP contribution in [-0.4, -0.2) is 16.5 Å². The van der Waals surface area contributed by atoms with Crippen molar-refractivity contribution in [3.05, 3.63) is 33.9 Å². The number of hydrogen-bond acceptors (Lipinski definition) is 4. The number of nitro benzene ring substituents is 1. The Morgan fingerprint density at radius 2 is 2.11 bits per heavy atom. The van der Waals surface area contributed by atoms with E-state index < -0.39 is 4.92 Å². The average Bonchev–Trinajstić information content (AvgIpc) is 2.28. The third kappa shape index (κ3) is 4.14. The number of benzene rings is 1. The van der Waals surface area contributed by atoms with Crippen molar-refractivity contribution >= 4 is 23.2 Å². The van der Waals surface area contributed by atoms with Crippen molar-refractivity contribution in [1.82, 2.24) is 0 Å². The zero-order valence-corrected chi connectivity index (χ0v) is 11.6. The van der Waals surface area contributed by atoms with Gasteiger partial charge in [0.1, 0.15) is 0 Å². The highest BCUT2D eigenvalue weighted by Gasteiger charge is 2.17. The first-order chi connectivity index (χ1) is 8.41. The largest absolute Gasteiger partial charge is 0.294 e.